The van der Waals surface area contributed by atoms with E-state index in [4.69, 9.17) is 10.3 Å². The number of halogens is 3. The van der Waals surface area contributed by atoms with Crippen molar-refractivity contribution >= 4 is 12.4 Å². The zero-order chi connectivity index (χ0) is 15.9. The molecule has 1 aliphatic rings. The van der Waals surface area contributed by atoms with Gasteiger partial charge in [0.25, 0.3) is 5.89 Å². The van der Waals surface area contributed by atoms with Gasteiger partial charge < -0.3 is 15.0 Å². The lowest BCUT2D eigenvalue weighted by Crippen LogP contribution is -2.44. The van der Waals surface area contributed by atoms with Gasteiger partial charge >= 0.3 is 6.61 Å². The van der Waals surface area contributed by atoms with Crippen LogP contribution in [-0.2, 0) is 5.54 Å². The monoisotopic (exact) mass is 345 g/mol. The van der Waals surface area contributed by atoms with E-state index in [9.17, 15) is 8.78 Å². The average Bonchev–Trinajstić information content (AvgIpc) is 2.89. The minimum atomic E-state index is -2.85. The lowest BCUT2D eigenvalue weighted by atomic mass is 9.77. The van der Waals surface area contributed by atoms with Crippen LogP contribution < -0.4 is 10.5 Å². The van der Waals surface area contributed by atoms with Gasteiger partial charge in [0.2, 0.25) is 0 Å². The van der Waals surface area contributed by atoms with Crippen molar-refractivity contribution in [1.82, 2.24) is 10.1 Å². The standard InChI is InChI=1S/C15H17F2N3O2.ClH/c1-8-6-10(7-9(2)11(8)21-14(16)17)12-19-13(20-22-12)15(18)4-3-5-15;/h6-7,14H,3-5,18H2,1-2H3;1H. The summed E-state index contributed by atoms with van der Waals surface area (Å²) in [5.74, 6) is 1.01. The van der Waals surface area contributed by atoms with Crippen molar-refractivity contribution in [2.24, 2.45) is 5.73 Å². The fourth-order valence-electron chi connectivity index (χ4n) is 2.67. The molecule has 0 amide bonds. The van der Waals surface area contributed by atoms with Crippen LogP contribution >= 0.6 is 12.4 Å². The van der Waals surface area contributed by atoms with Gasteiger partial charge in [-0.25, -0.2) is 0 Å². The van der Waals surface area contributed by atoms with E-state index >= 15 is 0 Å². The fourth-order valence-corrected chi connectivity index (χ4v) is 2.67. The number of aromatic nitrogens is 2. The highest BCUT2D eigenvalue weighted by atomic mass is 35.5. The van der Waals surface area contributed by atoms with Crippen molar-refractivity contribution in [2.75, 3.05) is 0 Å². The van der Waals surface area contributed by atoms with E-state index in [1.165, 1.54) is 0 Å². The number of nitrogens with zero attached hydrogens (tertiary/aromatic N) is 2. The summed E-state index contributed by atoms with van der Waals surface area (Å²) in [7, 11) is 0. The SMILES string of the molecule is Cc1cc(-c2nc(C3(N)CCC3)no2)cc(C)c1OC(F)F.Cl. The van der Waals surface area contributed by atoms with Gasteiger partial charge in [-0.3, -0.25) is 0 Å². The number of aryl methyl sites for hydroxylation is 2. The Hall–Kier alpha value is -1.73. The largest absolute Gasteiger partial charge is 0.434 e. The Morgan fingerprint density at radius 3 is 2.35 bits per heavy atom. The third-order valence-corrected chi connectivity index (χ3v) is 4.03. The van der Waals surface area contributed by atoms with Gasteiger partial charge in [0.15, 0.2) is 5.82 Å². The maximum atomic E-state index is 12.4. The second kappa shape index (κ2) is 6.41. The van der Waals surface area contributed by atoms with Crippen LogP contribution in [0.15, 0.2) is 16.7 Å². The maximum Gasteiger partial charge on any atom is 0.387 e. The molecule has 0 spiro atoms. The first-order chi connectivity index (χ1) is 10.4. The van der Waals surface area contributed by atoms with E-state index in [2.05, 4.69) is 14.9 Å². The van der Waals surface area contributed by atoms with Crippen LogP contribution in [0.5, 0.6) is 5.75 Å². The molecule has 0 aliphatic heterocycles. The molecule has 1 heterocycles. The van der Waals surface area contributed by atoms with Gasteiger partial charge in [0.05, 0.1) is 5.54 Å². The molecule has 1 aromatic carbocycles. The van der Waals surface area contributed by atoms with Crippen molar-refractivity contribution in [3.8, 4) is 17.2 Å². The van der Waals surface area contributed by atoms with Gasteiger partial charge in [0.1, 0.15) is 5.75 Å². The molecule has 0 bridgehead atoms. The predicted octanol–water partition coefficient (Wildman–Crippen LogP) is 3.71. The first kappa shape index (κ1) is 17.6. The molecule has 1 saturated carbocycles. The molecular formula is C15H18ClF2N3O2. The minimum Gasteiger partial charge on any atom is -0.434 e. The Labute approximate surface area is 138 Å². The molecule has 1 aromatic heterocycles. The molecule has 1 fully saturated rings. The van der Waals surface area contributed by atoms with Crippen LogP contribution in [-0.4, -0.2) is 16.8 Å². The number of hydrogen-bond donors (Lipinski definition) is 1. The summed E-state index contributed by atoms with van der Waals surface area (Å²) < 4.78 is 34.6. The van der Waals surface area contributed by atoms with Crippen molar-refractivity contribution in [2.45, 2.75) is 45.3 Å². The van der Waals surface area contributed by atoms with Crippen LogP contribution in [0, 0.1) is 13.8 Å². The molecule has 1 aliphatic carbocycles. The van der Waals surface area contributed by atoms with Gasteiger partial charge in [-0.2, -0.15) is 13.8 Å². The van der Waals surface area contributed by atoms with Crippen molar-refractivity contribution < 1.29 is 18.0 Å². The topological polar surface area (TPSA) is 74.2 Å². The highest BCUT2D eigenvalue weighted by Gasteiger charge is 2.39. The maximum absolute atomic E-state index is 12.4. The highest BCUT2D eigenvalue weighted by molar-refractivity contribution is 5.85. The molecule has 2 N–H and O–H groups in total. The molecule has 0 saturated heterocycles. The van der Waals surface area contributed by atoms with Gasteiger partial charge in [-0.05, 0) is 56.4 Å². The van der Waals surface area contributed by atoms with Gasteiger partial charge in [0, 0.05) is 5.56 Å². The molecule has 5 nitrogen and oxygen atoms in total. The van der Waals surface area contributed by atoms with Crippen LogP contribution in [0.25, 0.3) is 11.5 Å². The Balaban J connectivity index is 0.00000192. The third kappa shape index (κ3) is 3.30. The normalized spacial score (nSPS) is 15.9. The summed E-state index contributed by atoms with van der Waals surface area (Å²) in [6.07, 6.45) is 2.73. The quantitative estimate of drug-likeness (QED) is 0.914. The zero-order valence-electron chi connectivity index (χ0n) is 12.8. The van der Waals surface area contributed by atoms with E-state index in [1.54, 1.807) is 26.0 Å². The second-order valence-corrected chi connectivity index (χ2v) is 5.75. The van der Waals surface area contributed by atoms with E-state index in [1.807, 2.05) is 0 Å². The molecule has 0 radical (unpaired) electrons. The summed E-state index contributed by atoms with van der Waals surface area (Å²) in [6, 6.07) is 3.37. The Bertz CT molecular complexity index is 679. The molecule has 8 heteroatoms. The number of ether oxygens (including phenoxy) is 1. The number of alkyl halides is 2. The van der Waals surface area contributed by atoms with E-state index < -0.39 is 12.2 Å². The minimum absolute atomic E-state index is 0. The Morgan fingerprint density at radius 2 is 1.87 bits per heavy atom. The first-order valence-electron chi connectivity index (χ1n) is 7.08. The van der Waals surface area contributed by atoms with E-state index in [0.29, 0.717) is 28.4 Å². The van der Waals surface area contributed by atoms with Crippen LogP contribution in [0.1, 0.15) is 36.2 Å². The van der Waals surface area contributed by atoms with Gasteiger partial charge in [-0.1, -0.05) is 5.16 Å². The summed E-state index contributed by atoms with van der Waals surface area (Å²) in [5, 5.41) is 3.95. The number of rotatable bonds is 4. The second-order valence-electron chi connectivity index (χ2n) is 5.75. The van der Waals surface area contributed by atoms with Crippen molar-refractivity contribution in [3.63, 3.8) is 0 Å². The number of hydrogen-bond acceptors (Lipinski definition) is 5. The molecule has 126 valence electrons. The van der Waals surface area contributed by atoms with Crippen LogP contribution in [0.3, 0.4) is 0 Å². The number of nitrogens with two attached hydrogens (primary N) is 1. The van der Waals surface area contributed by atoms with Crippen molar-refractivity contribution in [3.05, 3.63) is 29.1 Å². The first-order valence-corrected chi connectivity index (χ1v) is 7.08. The van der Waals surface area contributed by atoms with Crippen LogP contribution in [0.2, 0.25) is 0 Å². The van der Waals surface area contributed by atoms with Crippen LogP contribution in [0.4, 0.5) is 8.78 Å². The summed E-state index contributed by atoms with van der Waals surface area (Å²) >= 11 is 0. The lowest BCUT2D eigenvalue weighted by molar-refractivity contribution is -0.0507. The predicted molar refractivity (Wildman–Crippen MR) is 82.8 cm³/mol. The van der Waals surface area contributed by atoms with E-state index in [0.717, 1.165) is 19.3 Å². The smallest absolute Gasteiger partial charge is 0.387 e. The lowest BCUT2D eigenvalue weighted by Gasteiger charge is -2.34. The molecule has 0 atom stereocenters. The molecule has 2 aromatic rings. The average molecular weight is 346 g/mol. The summed E-state index contributed by atoms with van der Waals surface area (Å²) in [5.41, 5.74) is 7.50. The summed E-state index contributed by atoms with van der Waals surface area (Å²) in [6.45, 7) is 0.540. The Morgan fingerprint density at radius 1 is 1.26 bits per heavy atom. The zero-order valence-corrected chi connectivity index (χ0v) is 13.6. The van der Waals surface area contributed by atoms with Gasteiger partial charge in [-0.15, -0.1) is 12.4 Å². The molecule has 0 unspecified atom stereocenters. The fraction of sp³-hybridized carbons (Fsp3) is 0.467. The third-order valence-electron chi connectivity index (χ3n) is 4.03. The molecule has 3 rings (SSSR count). The number of benzene rings is 1. The van der Waals surface area contributed by atoms with Crippen molar-refractivity contribution in [1.29, 1.82) is 0 Å². The highest BCUT2D eigenvalue weighted by Crippen LogP contribution is 2.38. The van der Waals surface area contributed by atoms with E-state index in [-0.39, 0.29) is 18.2 Å². The summed E-state index contributed by atoms with van der Waals surface area (Å²) in [4.78, 5) is 4.36. The molecular weight excluding hydrogens is 328 g/mol. The molecule has 23 heavy (non-hydrogen) atoms. The Kier molecular flexibility index (Phi) is 4.91.